The molecule has 0 aromatic heterocycles. The van der Waals surface area contributed by atoms with Gasteiger partial charge in [-0.1, -0.05) is 19.3 Å². The summed E-state index contributed by atoms with van der Waals surface area (Å²) in [5.41, 5.74) is 12.8. The Bertz CT molecular complexity index is 413. The van der Waals surface area contributed by atoms with Crippen LogP contribution in [0.25, 0.3) is 0 Å². The molecular formula is C13H19N3O. The fraction of sp³-hybridized carbons (Fsp3) is 0.462. The number of primary amides is 1. The van der Waals surface area contributed by atoms with E-state index < -0.39 is 5.91 Å². The van der Waals surface area contributed by atoms with Crippen LogP contribution in [0.15, 0.2) is 18.2 Å². The molecule has 0 radical (unpaired) electrons. The van der Waals surface area contributed by atoms with Crippen molar-refractivity contribution in [2.75, 3.05) is 17.6 Å². The minimum Gasteiger partial charge on any atom is -0.399 e. The quantitative estimate of drug-likeness (QED) is 0.680. The fourth-order valence-corrected chi connectivity index (χ4v) is 2.11. The Morgan fingerprint density at radius 2 is 2.18 bits per heavy atom. The first-order valence-corrected chi connectivity index (χ1v) is 6.10. The molecule has 92 valence electrons. The van der Waals surface area contributed by atoms with E-state index in [9.17, 15) is 4.79 Å². The highest BCUT2D eigenvalue weighted by Gasteiger charge is 2.16. The van der Waals surface area contributed by atoms with Gasteiger partial charge in [-0.25, -0.2) is 0 Å². The van der Waals surface area contributed by atoms with E-state index in [0.29, 0.717) is 11.3 Å². The minimum atomic E-state index is -0.441. The largest absolute Gasteiger partial charge is 0.399 e. The van der Waals surface area contributed by atoms with Crippen LogP contribution in [0.5, 0.6) is 0 Å². The van der Waals surface area contributed by atoms with E-state index in [4.69, 9.17) is 11.5 Å². The molecule has 17 heavy (non-hydrogen) atoms. The Morgan fingerprint density at radius 3 is 2.76 bits per heavy atom. The summed E-state index contributed by atoms with van der Waals surface area (Å²) in [6.07, 6.45) is 5.19. The normalized spacial score (nSPS) is 15.3. The number of anilines is 2. The molecule has 0 atom stereocenters. The summed E-state index contributed by atoms with van der Waals surface area (Å²) in [4.78, 5) is 11.3. The van der Waals surface area contributed by atoms with Crippen molar-refractivity contribution in [1.82, 2.24) is 0 Å². The Labute approximate surface area is 101 Å². The van der Waals surface area contributed by atoms with Crippen LogP contribution in [0.1, 0.15) is 36.0 Å². The van der Waals surface area contributed by atoms with Crippen molar-refractivity contribution < 1.29 is 4.79 Å². The van der Waals surface area contributed by atoms with Crippen LogP contribution in [0, 0.1) is 5.92 Å². The van der Waals surface area contributed by atoms with E-state index in [1.54, 1.807) is 12.1 Å². The lowest BCUT2D eigenvalue weighted by atomic mass is 9.83. The van der Waals surface area contributed by atoms with Crippen molar-refractivity contribution in [2.24, 2.45) is 11.7 Å². The van der Waals surface area contributed by atoms with Crippen molar-refractivity contribution in [3.63, 3.8) is 0 Å². The van der Waals surface area contributed by atoms with Gasteiger partial charge in [-0.3, -0.25) is 4.79 Å². The molecule has 1 aliphatic carbocycles. The highest BCUT2D eigenvalue weighted by atomic mass is 16.1. The van der Waals surface area contributed by atoms with Gasteiger partial charge in [0, 0.05) is 17.9 Å². The van der Waals surface area contributed by atoms with Crippen LogP contribution in [0.3, 0.4) is 0 Å². The molecule has 0 spiro atoms. The smallest absolute Gasteiger partial charge is 0.250 e. The molecule has 2 rings (SSSR count). The minimum absolute atomic E-state index is 0.441. The van der Waals surface area contributed by atoms with Gasteiger partial charge < -0.3 is 16.8 Å². The first-order chi connectivity index (χ1) is 8.16. The van der Waals surface area contributed by atoms with E-state index in [0.717, 1.165) is 24.6 Å². The van der Waals surface area contributed by atoms with Crippen LogP contribution in [-0.4, -0.2) is 12.5 Å². The molecule has 4 heteroatoms. The highest BCUT2D eigenvalue weighted by Crippen LogP contribution is 2.29. The van der Waals surface area contributed by atoms with E-state index in [-0.39, 0.29) is 0 Å². The first-order valence-electron chi connectivity index (χ1n) is 6.10. The summed E-state index contributed by atoms with van der Waals surface area (Å²) >= 11 is 0. The fourth-order valence-electron chi connectivity index (χ4n) is 2.11. The molecule has 0 aliphatic heterocycles. The molecule has 1 aromatic carbocycles. The number of benzene rings is 1. The summed E-state index contributed by atoms with van der Waals surface area (Å²) in [7, 11) is 0. The second kappa shape index (κ2) is 5.08. The molecule has 1 saturated carbocycles. The van der Waals surface area contributed by atoms with Crippen molar-refractivity contribution >= 4 is 17.3 Å². The molecule has 0 bridgehead atoms. The van der Waals surface area contributed by atoms with Gasteiger partial charge >= 0.3 is 0 Å². The maximum atomic E-state index is 11.3. The maximum Gasteiger partial charge on any atom is 0.250 e. The third-order valence-corrected chi connectivity index (χ3v) is 3.40. The van der Waals surface area contributed by atoms with Crippen molar-refractivity contribution in [2.45, 2.75) is 25.7 Å². The van der Waals surface area contributed by atoms with Gasteiger partial charge in [0.05, 0.1) is 5.56 Å². The number of nitrogens with one attached hydrogen (secondary N) is 1. The van der Waals surface area contributed by atoms with Crippen LogP contribution >= 0.6 is 0 Å². The summed E-state index contributed by atoms with van der Waals surface area (Å²) < 4.78 is 0. The van der Waals surface area contributed by atoms with Crippen molar-refractivity contribution in [1.29, 1.82) is 0 Å². The van der Waals surface area contributed by atoms with Gasteiger partial charge in [-0.05, 0) is 30.5 Å². The summed E-state index contributed by atoms with van der Waals surface area (Å²) in [5, 5.41) is 3.26. The number of hydrogen-bond acceptors (Lipinski definition) is 3. The lowest BCUT2D eigenvalue weighted by molar-refractivity contribution is 0.100. The molecule has 1 amide bonds. The van der Waals surface area contributed by atoms with E-state index in [1.165, 1.54) is 19.3 Å². The van der Waals surface area contributed by atoms with Gasteiger partial charge in [-0.15, -0.1) is 0 Å². The Morgan fingerprint density at radius 1 is 1.41 bits per heavy atom. The molecule has 0 saturated heterocycles. The Balaban J connectivity index is 1.96. The average Bonchev–Trinajstić information content (AvgIpc) is 2.23. The number of amides is 1. The van der Waals surface area contributed by atoms with Gasteiger partial charge in [0.25, 0.3) is 5.91 Å². The lowest BCUT2D eigenvalue weighted by Gasteiger charge is -2.25. The Kier molecular flexibility index (Phi) is 3.52. The summed E-state index contributed by atoms with van der Waals surface area (Å²) in [5.74, 6) is 0.414. The number of carbonyl (C=O) groups is 1. The van der Waals surface area contributed by atoms with Crippen molar-refractivity contribution in [3.05, 3.63) is 23.8 Å². The molecule has 5 N–H and O–H groups in total. The lowest BCUT2D eigenvalue weighted by Crippen LogP contribution is -2.18. The molecule has 1 fully saturated rings. The summed E-state index contributed by atoms with van der Waals surface area (Å²) in [6, 6.07) is 5.21. The van der Waals surface area contributed by atoms with Gasteiger partial charge in [-0.2, -0.15) is 0 Å². The summed E-state index contributed by atoms with van der Waals surface area (Å²) in [6.45, 7) is 0.884. The van der Waals surface area contributed by atoms with Gasteiger partial charge in [0.1, 0.15) is 0 Å². The van der Waals surface area contributed by atoms with Crippen LogP contribution in [0.4, 0.5) is 11.4 Å². The SMILES string of the molecule is NC(=O)c1cc(N)ccc1NCCC1CCC1. The standard InChI is InChI=1S/C13H19N3O/c14-10-4-5-12(11(8-10)13(15)17)16-7-6-9-2-1-3-9/h4-5,8-9,16H,1-3,6-7,14H2,(H2,15,17). The Hall–Kier alpha value is -1.71. The van der Waals surface area contributed by atoms with E-state index in [2.05, 4.69) is 5.32 Å². The van der Waals surface area contributed by atoms with Gasteiger partial charge in [0.2, 0.25) is 0 Å². The third kappa shape index (κ3) is 2.90. The number of carbonyl (C=O) groups excluding carboxylic acids is 1. The second-order valence-electron chi connectivity index (χ2n) is 4.68. The zero-order valence-electron chi connectivity index (χ0n) is 9.91. The first kappa shape index (κ1) is 11.8. The molecule has 1 aliphatic rings. The molecular weight excluding hydrogens is 214 g/mol. The number of rotatable bonds is 5. The van der Waals surface area contributed by atoms with Crippen LogP contribution in [0.2, 0.25) is 0 Å². The third-order valence-electron chi connectivity index (χ3n) is 3.40. The number of nitrogen functional groups attached to an aromatic ring is 1. The monoisotopic (exact) mass is 233 g/mol. The topological polar surface area (TPSA) is 81.1 Å². The van der Waals surface area contributed by atoms with E-state index >= 15 is 0 Å². The molecule has 0 heterocycles. The zero-order valence-corrected chi connectivity index (χ0v) is 9.91. The van der Waals surface area contributed by atoms with E-state index in [1.807, 2.05) is 6.07 Å². The molecule has 0 unspecified atom stereocenters. The molecule has 1 aromatic rings. The number of hydrogen-bond donors (Lipinski definition) is 3. The number of nitrogens with two attached hydrogens (primary N) is 2. The zero-order chi connectivity index (χ0) is 12.3. The second-order valence-corrected chi connectivity index (χ2v) is 4.68. The van der Waals surface area contributed by atoms with Gasteiger partial charge in [0.15, 0.2) is 0 Å². The maximum absolute atomic E-state index is 11.3. The molecule has 4 nitrogen and oxygen atoms in total. The predicted octanol–water partition coefficient (Wildman–Crippen LogP) is 1.97. The highest BCUT2D eigenvalue weighted by molar-refractivity contribution is 5.99. The van der Waals surface area contributed by atoms with Crippen LogP contribution < -0.4 is 16.8 Å². The predicted molar refractivity (Wildman–Crippen MR) is 69.8 cm³/mol. The van der Waals surface area contributed by atoms with Crippen LogP contribution in [-0.2, 0) is 0 Å². The van der Waals surface area contributed by atoms with Crippen molar-refractivity contribution in [3.8, 4) is 0 Å². The average molecular weight is 233 g/mol.